The SMILES string of the molecule is Cc1ccc(NC(=S)Nc2ccc(F)c(Cl)c2)cc1. The summed E-state index contributed by atoms with van der Waals surface area (Å²) in [7, 11) is 0. The Morgan fingerprint density at radius 3 is 2.26 bits per heavy atom. The van der Waals surface area contributed by atoms with Crippen LogP contribution in [-0.2, 0) is 0 Å². The minimum absolute atomic E-state index is 0.0585. The van der Waals surface area contributed by atoms with Crippen LogP contribution in [0.5, 0.6) is 0 Å². The van der Waals surface area contributed by atoms with Crippen LogP contribution in [0.2, 0.25) is 5.02 Å². The maximum Gasteiger partial charge on any atom is 0.175 e. The van der Waals surface area contributed by atoms with Gasteiger partial charge in [0.05, 0.1) is 5.02 Å². The summed E-state index contributed by atoms with van der Waals surface area (Å²) in [5.74, 6) is -0.454. The van der Waals surface area contributed by atoms with E-state index in [4.69, 9.17) is 23.8 Å². The molecule has 0 aliphatic heterocycles. The maximum absolute atomic E-state index is 13.0. The van der Waals surface area contributed by atoms with Gasteiger partial charge in [-0.1, -0.05) is 29.3 Å². The van der Waals surface area contributed by atoms with Crippen molar-refractivity contribution in [1.29, 1.82) is 0 Å². The van der Waals surface area contributed by atoms with E-state index in [-0.39, 0.29) is 5.02 Å². The Hall–Kier alpha value is -1.65. The Bertz CT molecular complexity index is 599. The molecular formula is C14H12ClFN2S. The summed E-state index contributed by atoms with van der Waals surface area (Å²) < 4.78 is 13.0. The molecule has 0 saturated heterocycles. The highest BCUT2D eigenvalue weighted by atomic mass is 35.5. The van der Waals surface area contributed by atoms with Crippen LogP contribution in [0.3, 0.4) is 0 Å². The van der Waals surface area contributed by atoms with Crippen LogP contribution in [0.15, 0.2) is 42.5 Å². The second-order valence-electron chi connectivity index (χ2n) is 4.07. The van der Waals surface area contributed by atoms with Gasteiger partial charge in [0, 0.05) is 11.4 Å². The first-order valence-electron chi connectivity index (χ1n) is 5.64. The standard InChI is InChI=1S/C14H12ClFN2S/c1-9-2-4-10(5-3-9)17-14(19)18-11-6-7-13(16)12(15)8-11/h2-8H,1H3,(H2,17,18,19). The molecule has 0 aliphatic carbocycles. The predicted molar refractivity (Wildman–Crippen MR) is 82.4 cm³/mol. The van der Waals surface area contributed by atoms with Crippen molar-refractivity contribution < 1.29 is 4.39 Å². The van der Waals surface area contributed by atoms with Gasteiger partial charge in [-0.25, -0.2) is 4.39 Å². The zero-order valence-electron chi connectivity index (χ0n) is 10.2. The Kier molecular flexibility index (Phi) is 4.35. The van der Waals surface area contributed by atoms with Gasteiger partial charge in [0.25, 0.3) is 0 Å². The molecule has 5 heteroatoms. The Balaban J connectivity index is 2.01. The van der Waals surface area contributed by atoms with E-state index in [1.165, 1.54) is 17.7 Å². The first kappa shape index (κ1) is 13.8. The Labute approximate surface area is 121 Å². The Morgan fingerprint density at radius 1 is 1.05 bits per heavy atom. The van der Waals surface area contributed by atoms with Crippen LogP contribution < -0.4 is 10.6 Å². The zero-order chi connectivity index (χ0) is 13.8. The lowest BCUT2D eigenvalue weighted by atomic mass is 10.2. The molecule has 2 aromatic rings. The molecule has 0 radical (unpaired) electrons. The number of hydrogen-bond donors (Lipinski definition) is 2. The molecule has 0 spiro atoms. The topological polar surface area (TPSA) is 24.1 Å². The van der Waals surface area contributed by atoms with Crippen molar-refractivity contribution in [3.63, 3.8) is 0 Å². The number of anilines is 2. The highest BCUT2D eigenvalue weighted by Gasteiger charge is 2.03. The third kappa shape index (κ3) is 3.91. The molecule has 0 aromatic heterocycles. The van der Waals surface area contributed by atoms with Gasteiger partial charge in [-0.15, -0.1) is 0 Å². The summed E-state index contributed by atoms with van der Waals surface area (Å²) in [5, 5.41) is 6.46. The molecule has 0 atom stereocenters. The summed E-state index contributed by atoms with van der Waals surface area (Å²) in [6.45, 7) is 2.01. The van der Waals surface area contributed by atoms with Crippen molar-refractivity contribution in [2.45, 2.75) is 6.92 Å². The molecule has 0 heterocycles. The van der Waals surface area contributed by atoms with Crippen LogP contribution >= 0.6 is 23.8 Å². The normalized spacial score (nSPS) is 10.1. The van der Waals surface area contributed by atoms with Gasteiger partial charge in [-0.2, -0.15) is 0 Å². The number of rotatable bonds is 2. The zero-order valence-corrected chi connectivity index (χ0v) is 11.8. The van der Waals surface area contributed by atoms with Crippen LogP contribution in [0.1, 0.15) is 5.56 Å². The smallest absolute Gasteiger partial charge is 0.175 e. The van der Waals surface area contributed by atoms with Crippen LogP contribution in [0, 0.1) is 12.7 Å². The lowest BCUT2D eigenvalue weighted by Crippen LogP contribution is -2.19. The molecule has 0 unspecified atom stereocenters. The van der Waals surface area contributed by atoms with E-state index in [0.717, 1.165) is 5.69 Å². The van der Waals surface area contributed by atoms with E-state index in [9.17, 15) is 4.39 Å². The maximum atomic E-state index is 13.0. The first-order chi connectivity index (χ1) is 9.04. The van der Waals surface area contributed by atoms with Crippen molar-refractivity contribution >= 4 is 40.3 Å². The van der Waals surface area contributed by atoms with Crippen molar-refractivity contribution in [1.82, 2.24) is 0 Å². The van der Waals surface area contributed by atoms with Gasteiger partial charge in [0.15, 0.2) is 5.11 Å². The van der Waals surface area contributed by atoms with Gasteiger partial charge in [0.1, 0.15) is 5.82 Å². The molecule has 0 amide bonds. The molecule has 0 fully saturated rings. The van der Waals surface area contributed by atoms with Crippen molar-refractivity contribution in [2.24, 2.45) is 0 Å². The number of aryl methyl sites for hydroxylation is 1. The van der Waals surface area contributed by atoms with Crippen molar-refractivity contribution in [2.75, 3.05) is 10.6 Å². The fourth-order valence-corrected chi connectivity index (χ4v) is 1.92. The Morgan fingerprint density at radius 2 is 1.63 bits per heavy atom. The molecule has 2 nitrogen and oxygen atoms in total. The molecule has 2 aromatic carbocycles. The van der Waals surface area contributed by atoms with Gasteiger partial charge >= 0.3 is 0 Å². The summed E-state index contributed by atoms with van der Waals surface area (Å²) in [4.78, 5) is 0. The molecule has 2 rings (SSSR count). The van der Waals surface area contributed by atoms with E-state index >= 15 is 0 Å². The predicted octanol–water partition coefficient (Wildman–Crippen LogP) is 4.60. The number of nitrogens with one attached hydrogen (secondary N) is 2. The van der Waals surface area contributed by atoms with Crippen LogP contribution in [0.25, 0.3) is 0 Å². The molecule has 98 valence electrons. The summed E-state index contributed by atoms with van der Waals surface area (Å²) in [6, 6.07) is 12.2. The molecule has 19 heavy (non-hydrogen) atoms. The van der Waals surface area contributed by atoms with Gasteiger partial charge in [0.2, 0.25) is 0 Å². The van der Waals surface area contributed by atoms with Crippen molar-refractivity contribution in [3.05, 3.63) is 58.9 Å². The monoisotopic (exact) mass is 294 g/mol. The minimum atomic E-state index is -0.454. The van der Waals surface area contributed by atoms with E-state index in [1.54, 1.807) is 6.07 Å². The number of benzene rings is 2. The lowest BCUT2D eigenvalue weighted by molar-refractivity contribution is 0.628. The van der Waals surface area contributed by atoms with E-state index < -0.39 is 5.82 Å². The molecule has 2 N–H and O–H groups in total. The van der Waals surface area contributed by atoms with Crippen molar-refractivity contribution in [3.8, 4) is 0 Å². The quantitative estimate of drug-likeness (QED) is 0.792. The number of thiocarbonyl (C=S) groups is 1. The number of hydrogen-bond acceptors (Lipinski definition) is 1. The van der Waals surface area contributed by atoms with Gasteiger partial charge in [-0.05, 0) is 49.5 Å². The lowest BCUT2D eigenvalue weighted by Gasteiger charge is -2.11. The summed E-state index contributed by atoms with van der Waals surface area (Å²) in [6.07, 6.45) is 0. The molecule has 0 aliphatic rings. The molecule has 0 saturated carbocycles. The van der Waals surface area contributed by atoms with Gasteiger partial charge < -0.3 is 10.6 Å². The second-order valence-corrected chi connectivity index (χ2v) is 4.89. The fraction of sp³-hybridized carbons (Fsp3) is 0.0714. The first-order valence-corrected chi connectivity index (χ1v) is 6.43. The largest absolute Gasteiger partial charge is 0.332 e. The summed E-state index contributed by atoms with van der Waals surface area (Å²) >= 11 is 10.9. The minimum Gasteiger partial charge on any atom is -0.332 e. The van der Waals surface area contributed by atoms with Crippen LogP contribution in [-0.4, -0.2) is 5.11 Å². The molecule has 0 bridgehead atoms. The highest BCUT2D eigenvalue weighted by Crippen LogP contribution is 2.19. The van der Waals surface area contributed by atoms with Gasteiger partial charge in [-0.3, -0.25) is 0 Å². The molecular weight excluding hydrogens is 283 g/mol. The number of halogens is 2. The van der Waals surface area contributed by atoms with E-state index in [0.29, 0.717) is 10.8 Å². The third-order valence-electron chi connectivity index (χ3n) is 2.49. The third-order valence-corrected chi connectivity index (χ3v) is 2.98. The average Bonchev–Trinajstić information content (AvgIpc) is 2.37. The van der Waals surface area contributed by atoms with E-state index in [1.807, 2.05) is 31.2 Å². The second kappa shape index (κ2) is 5.99. The highest BCUT2D eigenvalue weighted by molar-refractivity contribution is 7.80. The average molecular weight is 295 g/mol. The summed E-state index contributed by atoms with van der Waals surface area (Å²) in [5.41, 5.74) is 2.70. The van der Waals surface area contributed by atoms with Crippen LogP contribution in [0.4, 0.5) is 15.8 Å². The van der Waals surface area contributed by atoms with E-state index in [2.05, 4.69) is 10.6 Å². The fourth-order valence-electron chi connectivity index (χ4n) is 1.50.